The normalized spacial score (nSPS) is 13.2. The molecule has 2 heteroatoms. The molecule has 0 saturated carbocycles. The summed E-state index contributed by atoms with van der Waals surface area (Å²) >= 11 is 0. The number of hydrogen-bond donors (Lipinski definition) is 0. The average Bonchev–Trinajstić information content (AvgIpc) is 2.73. The van der Waals surface area contributed by atoms with Gasteiger partial charge in [-0.05, 0) is 48.7 Å². The Morgan fingerprint density at radius 1 is 1.05 bits per heavy atom. The van der Waals surface area contributed by atoms with Gasteiger partial charge >= 0.3 is 0 Å². The van der Waals surface area contributed by atoms with Crippen LogP contribution in [0, 0.1) is 0 Å². The molecule has 0 amide bonds. The smallest absolute Gasteiger partial charge is 0.126 e. The Labute approximate surface area is 119 Å². The maximum absolute atomic E-state index is 5.71. The van der Waals surface area contributed by atoms with Crippen LogP contribution in [0.1, 0.15) is 18.9 Å². The van der Waals surface area contributed by atoms with Crippen LogP contribution in [0.15, 0.2) is 48.5 Å². The highest BCUT2D eigenvalue weighted by molar-refractivity contribution is 5.71. The van der Waals surface area contributed by atoms with E-state index in [4.69, 9.17) is 9.47 Å². The summed E-state index contributed by atoms with van der Waals surface area (Å²) < 4.78 is 11.2. The molecule has 0 aromatic heterocycles. The minimum absolute atomic E-state index is 0.695. The van der Waals surface area contributed by atoms with Crippen LogP contribution in [0.3, 0.4) is 0 Å². The van der Waals surface area contributed by atoms with E-state index < -0.39 is 0 Å². The van der Waals surface area contributed by atoms with Crippen molar-refractivity contribution in [3.05, 3.63) is 54.1 Å². The Hall–Kier alpha value is -2.22. The fourth-order valence-corrected chi connectivity index (χ4v) is 2.35. The highest BCUT2D eigenvalue weighted by Gasteiger charge is 2.07. The lowest BCUT2D eigenvalue weighted by atomic mass is 10.0. The van der Waals surface area contributed by atoms with Crippen LogP contribution in [0.5, 0.6) is 11.5 Å². The minimum Gasteiger partial charge on any atom is -0.494 e. The van der Waals surface area contributed by atoms with Gasteiger partial charge in [0.05, 0.1) is 13.2 Å². The van der Waals surface area contributed by atoms with Gasteiger partial charge in [-0.1, -0.05) is 30.4 Å². The van der Waals surface area contributed by atoms with Gasteiger partial charge in [0.1, 0.15) is 11.5 Å². The fraction of sp³-hybridized carbons (Fsp3) is 0.222. The Balaban J connectivity index is 1.92. The molecule has 0 N–H and O–H groups in total. The lowest BCUT2D eigenvalue weighted by Crippen LogP contribution is -1.95. The Bertz CT molecular complexity index is 612. The van der Waals surface area contributed by atoms with Crippen LogP contribution in [0.25, 0.3) is 17.2 Å². The Morgan fingerprint density at radius 2 is 1.85 bits per heavy atom. The van der Waals surface area contributed by atoms with Gasteiger partial charge in [-0.2, -0.15) is 0 Å². The van der Waals surface area contributed by atoms with Crippen LogP contribution in [-0.4, -0.2) is 13.2 Å². The molecular formula is C18H18O2. The van der Waals surface area contributed by atoms with Gasteiger partial charge in [0.2, 0.25) is 0 Å². The van der Waals surface area contributed by atoms with Crippen molar-refractivity contribution < 1.29 is 9.47 Å². The molecule has 2 aromatic rings. The fourth-order valence-electron chi connectivity index (χ4n) is 2.35. The second-order valence-corrected chi connectivity index (χ2v) is 4.75. The molecule has 0 fully saturated rings. The summed E-state index contributed by atoms with van der Waals surface area (Å²) in [5.41, 5.74) is 3.53. The van der Waals surface area contributed by atoms with E-state index in [1.165, 1.54) is 11.1 Å². The zero-order valence-electron chi connectivity index (χ0n) is 11.6. The monoisotopic (exact) mass is 266 g/mol. The SMILES string of the molecule is CCOc1ccc(-c2ccc3c(c2)C=CCCO3)cc1. The Morgan fingerprint density at radius 3 is 2.65 bits per heavy atom. The van der Waals surface area contributed by atoms with Crippen LogP contribution >= 0.6 is 0 Å². The van der Waals surface area contributed by atoms with E-state index in [1.54, 1.807) is 0 Å². The molecule has 2 nitrogen and oxygen atoms in total. The third-order valence-electron chi connectivity index (χ3n) is 3.35. The van der Waals surface area contributed by atoms with Crippen molar-refractivity contribution in [2.75, 3.05) is 13.2 Å². The summed E-state index contributed by atoms with van der Waals surface area (Å²) in [6.07, 6.45) is 5.27. The summed E-state index contributed by atoms with van der Waals surface area (Å²) in [6, 6.07) is 14.5. The van der Waals surface area contributed by atoms with Crippen LogP contribution in [-0.2, 0) is 0 Å². The van der Waals surface area contributed by atoms with E-state index >= 15 is 0 Å². The first-order chi connectivity index (χ1) is 9.86. The minimum atomic E-state index is 0.695. The predicted octanol–water partition coefficient (Wildman–Crippen LogP) is 4.55. The van der Waals surface area contributed by atoms with E-state index in [0.717, 1.165) is 30.1 Å². The highest BCUT2D eigenvalue weighted by atomic mass is 16.5. The quantitative estimate of drug-likeness (QED) is 0.811. The lowest BCUT2D eigenvalue weighted by Gasteiger charge is -2.09. The van der Waals surface area contributed by atoms with Crippen molar-refractivity contribution in [2.45, 2.75) is 13.3 Å². The second-order valence-electron chi connectivity index (χ2n) is 4.75. The van der Waals surface area contributed by atoms with Crippen molar-refractivity contribution >= 4 is 6.08 Å². The molecule has 1 heterocycles. The summed E-state index contributed by atoms with van der Waals surface area (Å²) in [7, 11) is 0. The van der Waals surface area contributed by atoms with Crippen LogP contribution in [0.4, 0.5) is 0 Å². The molecule has 1 aliphatic heterocycles. The van der Waals surface area contributed by atoms with Crippen molar-refractivity contribution in [3.8, 4) is 22.6 Å². The first kappa shape index (κ1) is 12.8. The van der Waals surface area contributed by atoms with Gasteiger partial charge in [0.15, 0.2) is 0 Å². The standard InChI is InChI=1S/C18H18O2/c1-2-19-17-9-6-14(7-10-17)15-8-11-18-16(13-15)5-3-4-12-20-18/h3,5-11,13H,2,4,12H2,1H3. The highest BCUT2D eigenvalue weighted by Crippen LogP contribution is 2.30. The topological polar surface area (TPSA) is 18.5 Å². The number of rotatable bonds is 3. The first-order valence-corrected chi connectivity index (χ1v) is 7.03. The molecule has 0 unspecified atom stereocenters. The Kier molecular flexibility index (Phi) is 3.73. The van der Waals surface area contributed by atoms with E-state index in [1.807, 2.05) is 19.1 Å². The largest absolute Gasteiger partial charge is 0.494 e. The molecule has 0 atom stereocenters. The van der Waals surface area contributed by atoms with Gasteiger partial charge in [0.25, 0.3) is 0 Å². The lowest BCUT2D eigenvalue weighted by molar-refractivity contribution is 0.326. The number of benzene rings is 2. The second kappa shape index (κ2) is 5.83. The van der Waals surface area contributed by atoms with E-state index in [9.17, 15) is 0 Å². The van der Waals surface area contributed by atoms with Gasteiger partial charge in [-0.25, -0.2) is 0 Å². The maximum atomic E-state index is 5.71. The number of hydrogen-bond acceptors (Lipinski definition) is 2. The molecule has 0 radical (unpaired) electrons. The van der Waals surface area contributed by atoms with E-state index in [-0.39, 0.29) is 0 Å². The van der Waals surface area contributed by atoms with Crippen molar-refractivity contribution in [2.24, 2.45) is 0 Å². The number of fused-ring (bicyclic) bond motifs is 1. The molecule has 102 valence electrons. The van der Waals surface area contributed by atoms with Gasteiger partial charge in [0, 0.05) is 5.56 Å². The molecule has 20 heavy (non-hydrogen) atoms. The zero-order valence-corrected chi connectivity index (χ0v) is 11.6. The van der Waals surface area contributed by atoms with E-state index in [2.05, 4.69) is 42.5 Å². The summed E-state index contributed by atoms with van der Waals surface area (Å²) in [5.74, 6) is 1.88. The summed E-state index contributed by atoms with van der Waals surface area (Å²) in [5, 5.41) is 0. The molecule has 3 rings (SSSR count). The third kappa shape index (κ3) is 2.69. The summed E-state index contributed by atoms with van der Waals surface area (Å²) in [6.45, 7) is 3.44. The molecular weight excluding hydrogens is 248 g/mol. The van der Waals surface area contributed by atoms with Crippen LogP contribution in [0.2, 0.25) is 0 Å². The molecule has 0 bridgehead atoms. The zero-order chi connectivity index (χ0) is 13.8. The summed E-state index contributed by atoms with van der Waals surface area (Å²) in [4.78, 5) is 0. The molecule has 0 saturated heterocycles. The first-order valence-electron chi connectivity index (χ1n) is 7.03. The average molecular weight is 266 g/mol. The third-order valence-corrected chi connectivity index (χ3v) is 3.35. The van der Waals surface area contributed by atoms with Crippen molar-refractivity contribution in [1.82, 2.24) is 0 Å². The van der Waals surface area contributed by atoms with E-state index in [0.29, 0.717) is 6.61 Å². The van der Waals surface area contributed by atoms with Crippen molar-refractivity contribution in [3.63, 3.8) is 0 Å². The maximum Gasteiger partial charge on any atom is 0.126 e. The molecule has 0 aliphatic carbocycles. The molecule has 2 aromatic carbocycles. The van der Waals surface area contributed by atoms with Gasteiger partial charge in [-0.15, -0.1) is 0 Å². The molecule has 0 spiro atoms. The number of ether oxygens (including phenoxy) is 2. The van der Waals surface area contributed by atoms with Crippen LogP contribution < -0.4 is 9.47 Å². The van der Waals surface area contributed by atoms with Crippen molar-refractivity contribution in [1.29, 1.82) is 0 Å². The molecule has 1 aliphatic rings. The van der Waals surface area contributed by atoms with Gasteiger partial charge < -0.3 is 9.47 Å². The van der Waals surface area contributed by atoms with Gasteiger partial charge in [-0.3, -0.25) is 0 Å². The predicted molar refractivity (Wildman–Crippen MR) is 82.2 cm³/mol.